The topological polar surface area (TPSA) is 119 Å². The molecule has 1 unspecified atom stereocenters. The maximum atomic E-state index is 16.2. The number of halogens is 2. The molecule has 1 aliphatic heterocycles. The Balaban J connectivity index is 1.16. The van der Waals surface area contributed by atoms with E-state index in [2.05, 4.69) is 22.1 Å². The first-order valence-corrected chi connectivity index (χ1v) is 21.2. The van der Waals surface area contributed by atoms with Crippen LogP contribution in [0.1, 0.15) is 91.9 Å². The van der Waals surface area contributed by atoms with Gasteiger partial charge in [-0.3, -0.25) is 18.8 Å². The van der Waals surface area contributed by atoms with Crippen molar-refractivity contribution in [2.45, 2.75) is 89.9 Å². The zero-order valence-corrected chi connectivity index (χ0v) is 34.8. The molecule has 12 heteroatoms. The fraction of sp³-hybridized carbons (Fsp3) is 0.333. The van der Waals surface area contributed by atoms with Crippen LogP contribution in [0.3, 0.4) is 0 Å². The molecule has 312 valence electrons. The molecule has 1 amide bonds. The molecule has 0 saturated carbocycles. The Morgan fingerprint density at radius 3 is 2.43 bits per heavy atom. The number of nitrogens with one attached hydrogen (secondary N) is 1. The van der Waals surface area contributed by atoms with Gasteiger partial charge in [0, 0.05) is 47.4 Å². The number of benzene rings is 4. The molecule has 1 saturated heterocycles. The number of fused-ring (bicyclic) bond motifs is 1. The third-order valence-corrected chi connectivity index (χ3v) is 11.6. The van der Waals surface area contributed by atoms with Crippen LogP contribution in [-0.4, -0.2) is 61.4 Å². The highest BCUT2D eigenvalue weighted by Gasteiger charge is 2.31. The molecule has 3 atom stereocenters. The number of carbonyl (C=O) groups is 2. The third kappa shape index (κ3) is 9.70. The number of alkyl carbamates (subject to hydrolysis) is 1. The molecule has 1 aliphatic rings. The molecule has 3 heterocycles. The van der Waals surface area contributed by atoms with E-state index in [-0.39, 0.29) is 47.2 Å². The zero-order valence-electron chi connectivity index (χ0n) is 34.0. The number of aliphatic hydroxyl groups is 1. The lowest BCUT2D eigenvalue weighted by Crippen LogP contribution is -2.42. The molecule has 2 aromatic heterocycles. The molecule has 10 nitrogen and oxygen atoms in total. The van der Waals surface area contributed by atoms with Crippen molar-refractivity contribution in [3.63, 3.8) is 0 Å². The highest BCUT2D eigenvalue weighted by molar-refractivity contribution is 6.31. The monoisotopic (exact) mass is 831 g/mol. The van der Waals surface area contributed by atoms with E-state index in [9.17, 15) is 19.5 Å². The third-order valence-electron chi connectivity index (χ3n) is 11.3. The number of hydrogen-bond acceptors (Lipinski definition) is 7. The summed E-state index contributed by atoms with van der Waals surface area (Å²) in [5.74, 6) is -1.17. The summed E-state index contributed by atoms with van der Waals surface area (Å²) >= 11 is 6.53. The maximum absolute atomic E-state index is 16.2. The number of aromatic nitrogens is 3. The van der Waals surface area contributed by atoms with E-state index in [1.54, 1.807) is 54.7 Å². The highest BCUT2D eigenvalue weighted by Crippen LogP contribution is 2.37. The van der Waals surface area contributed by atoms with Gasteiger partial charge in [-0.05, 0) is 124 Å². The summed E-state index contributed by atoms with van der Waals surface area (Å²) in [5, 5.41) is 12.9. The Labute approximate surface area is 354 Å². The number of nitrogens with zero attached hydrogens (tertiary/aromatic N) is 4. The summed E-state index contributed by atoms with van der Waals surface area (Å²) in [4.78, 5) is 47.4. The SMILES string of the molecule is CCCN1C(CCO)CCC[C@H]1c1ccc(-n2cc3cc(-c4cc(CCC[C@H](C)NC(=O)OCc5ccccc5)cc(Cl)c4F)n(C(=O)c4ccccc4)c3nc2=O)cc1. The lowest BCUT2D eigenvalue weighted by atomic mass is 9.89. The number of aliphatic hydroxyl groups excluding tert-OH is 1. The van der Waals surface area contributed by atoms with Gasteiger partial charge < -0.3 is 15.2 Å². The van der Waals surface area contributed by atoms with Gasteiger partial charge >= 0.3 is 11.8 Å². The number of hydrogen-bond donors (Lipinski definition) is 2. The fourth-order valence-corrected chi connectivity index (χ4v) is 8.64. The quantitative estimate of drug-likeness (QED) is 0.106. The summed E-state index contributed by atoms with van der Waals surface area (Å²) in [5.41, 5.74) is 3.55. The zero-order chi connectivity index (χ0) is 42.2. The normalized spacial score (nSPS) is 16.1. The van der Waals surface area contributed by atoms with Crippen LogP contribution in [0.5, 0.6) is 0 Å². The van der Waals surface area contributed by atoms with E-state index in [0.717, 1.165) is 55.3 Å². The lowest BCUT2D eigenvalue weighted by Gasteiger charge is -2.42. The first kappa shape index (κ1) is 42.5. The number of aryl methyl sites for hydroxylation is 1. The second-order valence-electron chi connectivity index (χ2n) is 15.6. The van der Waals surface area contributed by atoms with Gasteiger partial charge in [0.1, 0.15) is 6.61 Å². The van der Waals surface area contributed by atoms with E-state index in [1.165, 1.54) is 9.13 Å². The largest absolute Gasteiger partial charge is 0.445 e. The van der Waals surface area contributed by atoms with Crippen molar-refractivity contribution in [3.05, 3.63) is 153 Å². The summed E-state index contributed by atoms with van der Waals surface area (Å²) in [6.45, 7) is 5.34. The van der Waals surface area contributed by atoms with Crippen LogP contribution in [0.25, 0.3) is 28.0 Å². The fourth-order valence-electron chi connectivity index (χ4n) is 8.40. The van der Waals surface area contributed by atoms with E-state index in [1.807, 2.05) is 61.5 Å². The van der Waals surface area contributed by atoms with Gasteiger partial charge in [0.25, 0.3) is 5.91 Å². The van der Waals surface area contributed by atoms with Crippen molar-refractivity contribution < 1.29 is 23.8 Å². The second-order valence-corrected chi connectivity index (χ2v) is 16.0. The van der Waals surface area contributed by atoms with Crippen LogP contribution in [0.2, 0.25) is 5.02 Å². The van der Waals surface area contributed by atoms with Crippen LogP contribution < -0.4 is 11.0 Å². The number of likely N-dealkylation sites (tertiary alicyclic amines) is 1. The predicted octanol–water partition coefficient (Wildman–Crippen LogP) is 9.66. The van der Waals surface area contributed by atoms with E-state index < -0.39 is 23.5 Å². The van der Waals surface area contributed by atoms with Crippen LogP contribution >= 0.6 is 11.6 Å². The Morgan fingerprint density at radius 1 is 0.983 bits per heavy atom. The van der Waals surface area contributed by atoms with Crippen molar-refractivity contribution in [1.82, 2.24) is 24.3 Å². The summed E-state index contributed by atoms with van der Waals surface area (Å²) in [6.07, 6.45) is 7.85. The van der Waals surface area contributed by atoms with Gasteiger partial charge in [0.05, 0.1) is 16.4 Å². The predicted molar refractivity (Wildman–Crippen MR) is 233 cm³/mol. The maximum Gasteiger partial charge on any atom is 0.407 e. The minimum Gasteiger partial charge on any atom is -0.445 e. The average Bonchev–Trinajstić information content (AvgIpc) is 3.62. The number of ether oxygens (including phenoxy) is 1. The van der Waals surface area contributed by atoms with Gasteiger partial charge in [0.2, 0.25) is 0 Å². The van der Waals surface area contributed by atoms with Crippen molar-refractivity contribution in [2.24, 2.45) is 0 Å². The summed E-state index contributed by atoms with van der Waals surface area (Å²) in [7, 11) is 0. The second kappa shape index (κ2) is 19.6. The minimum absolute atomic E-state index is 0.0995. The van der Waals surface area contributed by atoms with Crippen LogP contribution in [-0.2, 0) is 17.8 Å². The van der Waals surface area contributed by atoms with Gasteiger partial charge in [-0.2, -0.15) is 4.98 Å². The van der Waals surface area contributed by atoms with Gasteiger partial charge in [-0.15, -0.1) is 0 Å². The smallest absolute Gasteiger partial charge is 0.407 e. The molecule has 1 fully saturated rings. The molecule has 6 aromatic rings. The Hall–Kier alpha value is -5.62. The first-order chi connectivity index (χ1) is 29.1. The molecule has 4 aromatic carbocycles. The van der Waals surface area contributed by atoms with Crippen molar-refractivity contribution in [2.75, 3.05) is 13.2 Å². The lowest BCUT2D eigenvalue weighted by molar-refractivity contribution is 0.0651. The van der Waals surface area contributed by atoms with E-state index >= 15 is 4.39 Å². The number of piperidine rings is 1. The molecule has 0 radical (unpaired) electrons. The van der Waals surface area contributed by atoms with E-state index in [4.69, 9.17) is 16.3 Å². The summed E-state index contributed by atoms with van der Waals surface area (Å²) in [6, 6.07) is 31.2. The molecule has 2 N–H and O–H groups in total. The standard InChI is InChI=1S/C48H51ClFN5O5/c1-3-25-53-38(24-26-56)18-11-19-42(53)35-20-22-39(23-21-35)54-30-37-29-43(55(45(37)52-47(54)58)46(57)36-16-8-5-9-17-36)40-27-34(28-41(49)44(40)50)15-10-12-32(2)51-48(59)60-31-33-13-6-4-7-14-33/h4-9,13-14,16-17,20-23,27-30,32,38,42,56H,3,10-12,15,18-19,24-26,31H2,1-2H3,(H,51,59)/t32-,38?,42-/m0/s1. The molecule has 7 rings (SSSR count). The van der Waals surface area contributed by atoms with Crippen molar-refractivity contribution in [3.8, 4) is 16.9 Å². The molecule has 60 heavy (non-hydrogen) atoms. The Bertz CT molecular complexity index is 2470. The van der Waals surface area contributed by atoms with Gasteiger partial charge in [0.15, 0.2) is 11.5 Å². The van der Waals surface area contributed by atoms with Crippen LogP contribution in [0.15, 0.2) is 114 Å². The highest BCUT2D eigenvalue weighted by atomic mass is 35.5. The molecule has 0 spiro atoms. The summed E-state index contributed by atoms with van der Waals surface area (Å²) < 4.78 is 24.3. The number of amides is 1. The molecular weight excluding hydrogens is 781 g/mol. The number of rotatable bonds is 15. The number of carbonyl (C=O) groups excluding carboxylic acids is 2. The molecule has 0 bridgehead atoms. The molecule has 0 aliphatic carbocycles. The Kier molecular flexibility index (Phi) is 13.9. The average molecular weight is 832 g/mol. The van der Waals surface area contributed by atoms with Crippen molar-refractivity contribution >= 4 is 34.6 Å². The Morgan fingerprint density at radius 2 is 1.72 bits per heavy atom. The first-order valence-electron chi connectivity index (χ1n) is 20.8. The van der Waals surface area contributed by atoms with Gasteiger partial charge in [-0.1, -0.05) is 79.2 Å². The van der Waals surface area contributed by atoms with Gasteiger partial charge in [-0.25, -0.2) is 14.0 Å². The minimum atomic E-state index is -0.701. The van der Waals surface area contributed by atoms with Crippen LogP contribution in [0, 0.1) is 5.82 Å². The van der Waals surface area contributed by atoms with E-state index in [0.29, 0.717) is 41.9 Å². The molecular formula is C48H51ClFN5O5. The van der Waals surface area contributed by atoms with Crippen LogP contribution in [0.4, 0.5) is 9.18 Å². The van der Waals surface area contributed by atoms with Crippen molar-refractivity contribution in [1.29, 1.82) is 0 Å².